The van der Waals surface area contributed by atoms with Gasteiger partial charge in [0.1, 0.15) is 17.4 Å². The Kier molecular flexibility index (Phi) is 3.14. The maximum atomic E-state index is 13.3. The van der Waals surface area contributed by atoms with Gasteiger partial charge >= 0.3 is 0 Å². The monoisotopic (exact) mass is 244 g/mol. The highest BCUT2D eigenvalue weighted by atomic mass is 32.2. The fraction of sp³-hybridized carbons (Fsp3) is 0.364. The van der Waals surface area contributed by atoms with E-state index in [1.807, 2.05) is 0 Å². The van der Waals surface area contributed by atoms with Crippen LogP contribution in [0.3, 0.4) is 0 Å². The highest BCUT2D eigenvalue weighted by Crippen LogP contribution is 2.25. The molecule has 0 spiro atoms. The van der Waals surface area contributed by atoms with Crippen molar-refractivity contribution in [2.75, 3.05) is 0 Å². The predicted octanol–water partition coefficient (Wildman–Crippen LogP) is 2.19. The van der Waals surface area contributed by atoms with Gasteiger partial charge in [0.25, 0.3) is 0 Å². The molecule has 2 rings (SSSR count). The van der Waals surface area contributed by atoms with E-state index in [0.717, 1.165) is 12.1 Å². The zero-order valence-corrected chi connectivity index (χ0v) is 9.23. The molecule has 1 saturated carbocycles. The third kappa shape index (κ3) is 2.04. The van der Waals surface area contributed by atoms with Crippen LogP contribution < -0.4 is 0 Å². The molecule has 5 heteroatoms. The average molecular weight is 244 g/mol. The summed E-state index contributed by atoms with van der Waals surface area (Å²) in [4.78, 5) is 11.3. The Balaban J connectivity index is 2.30. The van der Waals surface area contributed by atoms with E-state index in [0.29, 0.717) is 25.3 Å². The number of rotatable bonds is 2. The van der Waals surface area contributed by atoms with Crippen molar-refractivity contribution in [3.8, 4) is 0 Å². The van der Waals surface area contributed by atoms with Gasteiger partial charge in [0.05, 0.1) is 20.9 Å². The molecule has 0 radical (unpaired) electrons. The summed E-state index contributed by atoms with van der Waals surface area (Å²) in [6, 6.07) is 2.88. The summed E-state index contributed by atoms with van der Waals surface area (Å²) in [6.07, 6.45) is 1.61. The second kappa shape index (κ2) is 4.41. The standard InChI is InChI=1S/C11H10F2O2S/c12-7-4-5-10(8(13)6-7)16(15)11-3-1-2-9(11)14/h4-6,11H,1-3H2. The van der Waals surface area contributed by atoms with Crippen LogP contribution in [-0.2, 0) is 15.6 Å². The molecule has 86 valence electrons. The Labute approximate surface area is 94.1 Å². The van der Waals surface area contributed by atoms with Crippen molar-refractivity contribution < 1.29 is 17.8 Å². The Hall–Kier alpha value is -1.10. The Morgan fingerprint density at radius 3 is 2.62 bits per heavy atom. The summed E-state index contributed by atoms with van der Waals surface area (Å²) >= 11 is 0. The molecule has 1 aliphatic carbocycles. The van der Waals surface area contributed by atoms with Gasteiger partial charge in [-0.3, -0.25) is 9.00 Å². The van der Waals surface area contributed by atoms with Gasteiger partial charge in [-0.2, -0.15) is 0 Å². The van der Waals surface area contributed by atoms with Crippen molar-refractivity contribution in [3.05, 3.63) is 29.8 Å². The van der Waals surface area contributed by atoms with E-state index in [-0.39, 0.29) is 10.7 Å². The van der Waals surface area contributed by atoms with Gasteiger partial charge in [-0.15, -0.1) is 0 Å². The van der Waals surface area contributed by atoms with Gasteiger partial charge < -0.3 is 0 Å². The quantitative estimate of drug-likeness (QED) is 0.799. The smallest absolute Gasteiger partial charge is 0.148 e. The minimum absolute atomic E-state index is 0.0818. The first-order valence-corrected chi connectivity index (χ1v) is 6.19. The third-order valence-corrected chi connectivity index (χ3v) is 4.40. The molecule has 1 aromatic rings. The number of carbonyl (C=O) groups excluding carboxylic acids is 1. The lowest BCUT2D eigenvalue weighted by Gasteiger charge is -2.08. The SMILES string of the molecule is O=C1CCCC1S(=O)c1ccc(F)cc1F. The molecule has 0 aliphatic heterocycles. The number of ketones is 1. The van der Waals surface area contributed by atoms with Crippen molar-refractivity contribution in [2.45, 2.75) is 29.4 Å². The summed E-state index contributed by atoms with van der Waals surface area (Å²) in [5, 5.41) is -0.625. The van der Waals surface area contributed by atoms with Crippen LogP contribution >= 0.6 is 0 Å². The van der Waals surface area contributed by atoms with Gasteiger partial charge in [-0.05, 0) is 25.0 Å². The van der Waals surface area contributed by atoms with Crippen LogP contribution in [0, 0.1) is 11.6 Å². The molecule has 0 saturated heterocycles. The van der Waals surface area contributed by atoms with Crippen LogP contribution in [0.5, 0.6) is 0 Å². The highest BCUT2D eigenvalue weighted by molar-refractivity contribution is 7.86. The van der Waals surface area contributed by atoms with Crippen molar-refractivity contribution >= 4 is 16.6 Å². The molecule has 1 aromatic carbocycles. The molecule has 0 heterocycles. The van der Waals surface area contributed by atoms with Crippen LogP contribution in [-0.4, -0.2) is 15.2 Å². The second-order valence-corrected chi connectivity index (χ2v) is 5.32. The Morgan fingerprint density at radius 1 is 1.31 bits per heavy atom. The number of benzene rings is 1. The van der Waals surface area contributed by atoms with E-state index >= 15 is 0 Å². The average Bonchev–Trinajstić information content (AvgIpc) is 2.63. The molecule has 0 amide bonds. The van der Waals surface area contributed by atoms with E-state index in [1.165, 1.54) is 0 Å². The molecule has 2 unspecified atom stereocenters. The fourth-order valence-electron chi connectivity index (χ4n) is 1.80. The molecule has 1 fully saturated rings. The van der Waals surface area contributed by atoms with Crippen LogP contribution in [0.25, 0.3) is 0 Å². The summed E-state index contributed by atoms with van der Waals surface area (Å²) in [6.45, 7) is 0. The highest BCUT2D eigenvalue weighted by Gasteiger charge is 2.31. The zero-order valence-electron chi connectivity index (χ0n) is 8.41. The second-order valence-electron chi connectivity index (χ2n) is 3.72. The van der Waals surface area contributed by atoms with Gasteiger partial charge in [0, 0.05) is 12.5 Å². The lowest BCUT2D eigenvalue weighted by atomic mass is 10.3. The lowest BCUT2D eigenvalue weighted by molar-refractivity contribution is -0.117. The topological polar surface area (TPSA) is 34.1 Å². The van der Waals surface area contributed by atoms with Gasteiger partial charge in [-0.1, -0.05) is 0 Å². The maximum Gasteiger partial charge on any atom is 0.148 e. The van der Waals surface area contributed by atoms with Gasteiger partial charge in [0.2, 0.25) is 0 Å². The van der Waals surface area contributed by atoms with Crippen LogP contribution in [0.15, 0.2) is 23.1 Å². The summed E-state index contributed by atoms with van der Waals surface area (Å²) < 4.78 is 37.9. The van der Waals surface area contributed by atoms with Gasteiger partial charge in [0.15, 0.2) is 0 Å². The molecule has 2 atom stereocenters. The summed E-state index contributed by atoms with van der Waals surface area (Å²) in [7, 11) is -1.70. The predicted molar refractivity (Wildman–Crippen MR) is 55.4 cm³/mol. The molecular weight excluding hydrogens is 234 g/mol. The third-order valence-electron chi connectivity index (χ3n) is 2.62. The van der Waals surface area contributed by atoms with Crippen molar-refractivity contribution in [1.82, 2.24) is 0 Å². The number of halogens is 2. The summed E-state index contributed by atoms with van der Waals surface area (Å²) in [5.74, 6) is -1.66. The molecule has 16 heavy (non-hydrogen) atoms. The zero-order chi connectivity index (χ0) is 11.7. The lowest BCUT2D eigenvalue weighted by Crippen LogP contribution is -2.20. The van der Waals surface area contributed by atoms with Crippen LogP contribution in [0.2, 0.25) is 0 Å². The normalized spacial score (nSPS) is 22.4. The molecule has 1 aliphatic rings. The van der Waals surface area contributed by atoms with E-state index in [9.17, 15) is 17.8 Å². The molecule has 0 bridgehead atoms. The fourth-order valence-corrected chi connectivity index (χ4v) is 3.30. The molecule has 2 nitrogen and oxygen atoms in total. The van der Waals surface area contributed by atoms with Crippen molar-refractivity contribution in [3.63, 3.8) is 0 Å². The van der Waals surface area contributed by atoms with Gasteiger partial charge in [-0.25, -0.2) is 8.78 Å². The van der Waals surface area contributed by atoms with E-state index in [1.54, 1.807) is 0 Å². The van der Waals surface area contributed by atoms with E-state index < -0.39 is 27.7 Å². The summed E-state index contributed by atoms with van der Waals surface area (Å²) in [5.41, 5.74) is 0. The Morgan fingerprint density at radius 2 is 2.06 bits per heavy atom. The Bertz CT molecular complexity index is 459. The minimum atomic E-state index is -1.70. The molecule has 0 aromatic heterocycles. The van der Waals surface area contributed by atoms with E-state index in [4.69, 9.17) is 0 Å². The number of carbonyl (C=O) groups is 1. The largest absolute Gasteiger partial charge is 0.298 e. The van der Waals surface area contributed by atoms with Crippen LogP contribution in [0.4, 0.5) is 8.78 Å². The minimum Gasteiger partial charge on any atom is -0.298 e. The molecule has 0 N–H and O–H groups in total. The molecular formula is C11H10F2O2S. The maximum absolute atomic E-state index is 13.3. The van der Waals surface area contributed by atoms with Crippen molar-refractivity contribution in [1.29, 1.82) is 0 Å². The first-order chi connectivity index (χ1) is 7.59. The number of hydrogen-bond acceptors (Lipinski definition) is 2. The first-order valence-electron chi connectivity index (χ1n) is 4.98. The number of Topliss-reactive ketones (excluding diaryl/α,β-unsaturated/α-hetero) is 1. The number of hydrogen-bond donors (Lipinski definition) is 0. The first kappa shape index (κ1) is 11.4. The van der Waals surface area contributed by atoms with Crippen LogP contribution in [0.1, 0.15) is 19.3 Å². The van der Waals surface area contributed by atoms with Crippen molar-refractivity contribution in [2.24, 2.45) is 0 Å². The van der Waals surface area contributed by atoms with E-state index in [2.05, 4.69) is 0 Å².